The molecule has 2 heterocycles. The van der Waals surface area contributed by atoms with Gasteiger partial charge in [-0.25, -0.2) is 0 Å². The lowest BCUT2D eigenvalue weighted by Gasteiger charge is -2.35. The number of hydrogen-bond acceptors (Lipinski definition) is 2. The quantitative estimate of drug-likeness (QED) is 0.612. The van der Waals surface area contributed by atoms with E-state index in [0.717, 1.165) is 12.5 Å². The molecule has 0 saturated carbocycles. The van der Waals surface area contributed by atoms with Gasteiger partial charge in [0.05, 0.1) is 0 Å². The summed E-state index contributed by atoms with van der Waals surface area (Å²) in [6, 6.07) is 0. The Bertz CT molecular complexity index is 173. The molecule has 68 valence electrons. The SMILES string of the molecule is C=C1CCCN(CC2CNC2)C1. The molecule has 0 aromatic carbocycles. The molecule has 2 aliphatic heterocycles. The molecule has 2 aliphatic rings. The van der Waals surface area contributed by atoms with E-state index in [-0.39, 0.29) is 0 Å². The molecule has 2 fully saturated rings. The predicted octanol–water partition coefficient (Wildman–Crippen LogP) is 0.858. The molecule has 0 unspecified atom stereocenters. The van der Waals surface area contributed by atoms with Gasteiger partial charge in [0.2, 0.25) is 0 Å². The monoisotopic (exact) mass is 166 g/mol. The maximum Gasteiger partial charge on any atom is 0.0190 e. The zero-order chi connectivity index (χ0) is 8.39. The fourth-order valence-electron chi connectivity index (χ4n) is 2.03. The van der Waals surface area contributed by atoms with Crippen LogP contribution in [0.3, 0.4) is 0 Å². The Morgan fingerprint density at radius 2 is 2.33 bits per heavy atom. The highest BCUT2D eigenvalue weighted by atomic mass is 15.1. The topological polar surface area (TPSA) is 15.3 Å². The van der Waals surface area contributed by atoms with Gasteiger partial charge in [-0.15, -0.1) is 0 Å². The maximum atomic E-state index is 4.06. The van der Waals surface area contributed by atoms with Gasteiger partial charge in [-0.3, -0.25) is 4.90 Å². The average Bonchev–Trinajstić information content (AvgIpc) is 1.97. The Morgan fingerprint density at radius 1 is 1.50 bits per heavy atom. The Labute approximate surface area is 74.6 Å². The van der Waals surface area contributed by atoms with E-state index >= 15 is 0 Å². The van der Waals surface area contributed by atoms with Crippen molar-refractivity contribution in [1.82, 2.24) is 10.2 Å². The van der Waals surface area contributed by atoms with Crippen LogP contribution in [0.4, 0.5) is 0 Å². The summed E-state index contributed by atoms with van der Waals surface area (Å²) in [7, 11) is 0. The van der Waals surface area contributed by atoms with Gasteiger partial charge in [0.1, 0.15) is 0 Å². The number of hydrogen-bond donors (Lipinski definition) is 1. The second kappa shape index (κ2) is 3.58. The van der Waals surface area contributed by atoms with E-state index in [1.165, 1.54) is 44.6 Å². The number of nitrogens with zero attached hydrogens (tertiary/aromatic N) is 1. The molecule has 0 aliphatic carbocycles. The Morgan fingerprint density at radius 3 is 2.92 bits per heavy atom. The Balaban J connectivity index is 1.74. The first-order chi connectivity index (χ1) is 5.84. The molecule has 2 nitrogen and oxygen atoms in total. The third-order valence-corrected chi connectivity index (χ3v) is 2.83. The van der Waals surface area contributed by atoms with Crippen LogP contribution >= 0.6 is 0 Å². The van der Waals surface area contributed by atoms with Gasteiger partial charge in [0.25, 0.3) is 0 Å². The highest BCUT2D eigenvalue weighted by Crippen LogP contribution is 2.15. The number of piperidine rings is 1. The normalized spacial score (nSPS) is 27.2. The molecule has 0 amide bonds. The third-order valence-electron chi connectivity index (χ3n) is 2.83. The van der Waals surface area contributed by atoms with E-state index in [4.69, 9.17) is 0 Å². The summed E-state index contributed by atoms with van der Waals surface area (Å²) in [5, 5.41) is 3.31. The van der Waals surface area contributed by atoms with Crippen molar-refractivity contribution in [2.24, 2.45) is 5.92 Å². The van der Waals surface area contributed by atoms with Crippen molar-refractivity contribution in [3.8, 4) is 0 Å². The van der Waals surface area contributed by atoms with E-state index in [2.05, 4.69) is 16.8 Å². The van der Waals surface area contributed by atoms with E-state index < -0.39 is 0 Å². The van der Waals surface area contributed by atoms with E-state index in [9.17, 15) is 0 Å². The van der Waals surface area contributed by atoms with Crippen LogP contribution in [0.2, 0.25) is 0 Å². The van der Waals surface area contributed by atoms with Crippen LogP contribution in [0.5, 0.6) is 0 Å². The lowest BCUT2D eigenvalue weighted by Crippen LogP contribution is -2.49. The van der Waals surface area contributed by atoms with Crippen LogP contribution < -0.4 is 5.32 Å². The van der Waals surface area contributed by atoms with Crippen LogP contribution in [0, 0.1) is 5.92 Å². The van der Waals surface area contributed by atoms with Gasteiger partial charge in [0, 0.05) is 26.2 Å². The molecule has 2 rings (SSSR count). The predicted molar refractivity (Wildman–Crippen MR) is 51.2 cm³/mol. The van der Waals surface area contributed by atoms with Crippen LogP contribution in [-0.2, 0) is 0 Å². The van der Waals surface area contributed by atoms with E-state index in [1.807, 2.05) is 0 Å². The molecule has 0 atom stereocenters. The minimum Gasteiger partial charge on any atom is -0.316 e. The number of nitrogens with one attached hydrogen (secondary N) is 1. The summed E-state index contributed by atoms with van der Waals surface area (Å²) in [4.78, 5) is 2.55. The van der Waals surface area contributed by atoms with Crippen molar-refractivity contribution in [3.05, 3.63) is 12.2 Å². The third kappa shape index (κ3) is 1.87. The smallest absolute Gasteiger partial charge is 0.0190 e. The molecule has 0 radical (unpaired) electrons. The van der Waals surface area contributed by atoms with Crippen molar-refractivity contribution in [3.63, 3.8) is 0 Å². The maximum absolute atomic E-state index is 4.06. The molecule has 0 aromatic heterocycles. The van der Waals surface area contributed by atoms with E-state index in [0.29, 0.717) is 0 Å². The molecule has 0 spiro atoms. The zero-order valence-electron chi connectivity index (χ0n) is 7.68. The van der Waals surface area contributed by atoms with Gasteiger partial charge >= 0.3 is 0 Å². The molecule has 0 aromatic rings. The van der Waals surface area contributed by atoms with Gasteiger partial charge in [0.15, 0.2) is 0 Å². The van der Waals surface area contributed by atoms with Crippen molar-refractivity contribution in [1.29, 1.82) is 0 Å². The minimum atomic E-state index is 0.913. The second-order valence-electron chi connectivity index (χ2n) is 4.11. The van der Waals surface area contributed by atoms with E-state index in [1.54, 1.807) is 0 Å². The Kier molecular flexibility index (Phi) is 2.47. The molecular formula is C10H18N2. The van der Waals surface area contributed by atoms with Gasteiger partial charge in [-0.1, -0.05) is 12.2 Å². The van der Waals surface area contributed by atoms with Crippen LogP contribution in [-0.4, -0.2) is 37.6 Å². The minimum absolute atomic E-state index is 0.913. The fraction of sp³-hybridized carbons (Fsp3) is 0.800. The van der Waals surface area contributed by atoms with Crippen molar-refractivity contribution in [2.75, 3.05) is 32.7 Å². The van der Waals surface area contributed by atoms with Crippen LogP contribution in [0.1, 0.15) is 12.8 Å². The van der Waals surface area contributed by atoms with Gasteiger partial charge in [-0.2, -0.15) is 0 Å². The first-order valence-electron chi connectivity index (χ1n) is 4.94. The summed E-state index contributed by atoms with van der Waals surface area (Å²) in [5.41, 5.74) is 1.42. The molecule has 0 bridgehead atoms. The summed E-state index contributed by atoms with van der Waals surface area (Å²) in [6.07, 6.45) is 2.57. The first-order valence-corrected chi connectivity index (χ1v) is 4.94. The molecule has 12 heavy (non-hydrogen) atoms. The highest BCUT2D eigenvalue weighted by Gasteiger charge is 2.21. The standard InChI is InChI=1S/C10H18N2/c1-9-3-2-4-12(7-9)8-10-5-11-6-10/h10-11H,1-8H2. The lowest BCUT2D eigenvalue weighted by molar-refractivity contribution is 0.189. The number of likely N-dealkylation sites (tertiary alicyclic amines) is 1. The van der Waals surface area contributed by atoms with Crippen LogP contribution in [0.15, 0.2) is 12.2 Å². The second-order valence-corrected chi connectivity index (χ2v) is 4.11. The largest absolute Gasteiger partial charge is 0.316 e. The average molecular weight is 166 g/mol. The van der Waals surface area contributed by atoms with Crippen molar-refractivity contribution >= 4 is 0 Å². The zero-order valence-corrected chi connectivity index (χ0v) is 7.68. The molecule has 1 N–H and O–H groups in total. The summed E-state index contributed by atoms with van der Waals surface area (Å²) in [5.74, 6) is 0.913. The van der Waals surface area contributed by atoms with Crippen molar-refractivity contribution < 1.29 is 0 Å². The van der Waals surface area contributed by atoms with Crippen LogP contribution in [0.25, 0.3) is 0 Å². The highest BCUT2D eigenvalue weighted by molar-refractivity contribution is 5.01. The van der Waals surface area contributed by atoms with Gasteiger partial charge < -0.3 is 5.32 Å². The Hall–Kier alpha value is -0.340. The summed E-state index contributed by atoms with van der Waals surface area (Å²) in [6.45, 7) is 10.2. The lowest BCUT2D eigenvalue weighted by atomic mass is 10.00. The fourth-order valence-corrected chi connectivity index (χ4v) is 2.03. The number of rotatable bonds is 2. The molecule has 2 heteroatoms. The molecule has 2 saturated heterocycles. The van der Waals surface area contributed by atoms with Gasteiger partial charge in [-0.05, 0) is 25.3 Å². The summed E-state index contributed by atoms with van der Waals surface area (Å²) < 4.78 is 0. The van der Waals surface area contributed by atoms with Crippen molar-refractivity contribution in [2.45, 2.75) is 12.8 Å². The summed E-state index contributed by atoms with van der Waals surface area (Å²) >= 11 is 0. The first kappa shape index (κ1) is 8.27. The molecular weight excluding hydrogens is 148 g/mol.